The fourth-order valence-electron chi connectivity index (χ4n) is 3.96. The summed E-state index contributed by atoms with van der Waals surface area (Å²) >= 11 is 0. The topological polar surface area (TPSA) is 29.3 Å². The first-order valence-electron chi connectivity index (χ1n) is 7.75. The van der Waals surface area contributed by atoms with Crippen molar-refractivity contribution >= 4 is 0 Å². The van der Waals surface area contributed by atoms with Crippen LogP contribution in [0.4, 0.5) is 0 Å². The van der Waals surface area contributed by atoms with E-state index >= 15 is 0 Å². The molecular weight excluding hydrogens is 208 g/mol. The average Bonchev–Trinajstić information content (AvgIpc) is 3.18. The van der Waals surface area contributed by atoms with Gasteiger partial charge in [0.1, 0.15) is 0 Å². The molecule has 2 N–H and O–H groups in total. The normalized spacial score (nSPS) is 30.9. The monoisotopic (exact) mass is 238 g/mol. The summed E-state index contributed by atoms with van der Waals surface area (Å²) < 4.78 is 0. The maximum Gasteiger partial charge on any atom is 0.0360 e. The molecule has 2 aliphatic rings. The summed E-state index contributed by atoms with van der Waals surface area (Å²) in [6.07, 6.45) is 11.0. The molecule has 2 nitrogen and oxygen atoms in total. The predicted octanol–water partition coefficient (Wildman–Crippen LogP) is 3.16. The third-order valence-electron chi connectivity index (χ3n) is 5.22. The molecule has 1 saturated heterocycles. The second kappa shape index (κ2) is 5.71. The van der Waals surface area contributed by atoms with E-state index in [9.17, 15) is 0 Å². The van der Waals surface area contributed by atoms with Crippen molar-refractivity contribution in [2.24, 2.45) is 11.7 Å². The van der Waals surface area contributed by atoms with Crippen LogP contribution in [0.1, 0.15) is 65.2 Å². The molecule has 0 spiro atoms. The molecule has 0 bridgehead atoms. The van der Waals surface area contributed by atoms with Crippen molar-refractivity contribution in [2.75, 3.05) is 13.1 Å². The minimum Gasteiger partial charge on any atom is -0.329 e. The zero-order valence-electron chi connectivity index (χ0n) is 11.8. The third-order valence-corrected chi connectivity index (χ3v) is 5.22. The molecular formula is C15H30N2. The molecule has 0 aromatic rings. The summed E-state index contributed by atoms with van der Waals surface area (Å²) in [6, 6.07) is 0.793. The second-order valence-electron chi connectivity index (χ2n) is 6.04. The molecule has 1 heterocycles. The Morgan fingerprint density at radius 2 is 1.88 bits per heavy atom. The standard InChI is InChI=1S/C15H30N2/c1-3-14-8-6-5-7-11-17(14)15(4-2,12-16)13-9-10-13/h13-14H,3-12,16H2,1-2H3. The molecule has 0 amide bonds. The highest BCUT2D eigenvalue weighted by Gasteiger charge is 2.48. The highest BCUT2D eigenvalue weighted by Crippen LogP contribution is 2.46. The van der Waals surface area contributed by atoms with Gasteiger partial charge in [0.15, 0.2) is 0 Å². The Balaban J connectivity index is 2.18. The van der Waals surface area contributed by atoms with Crippen molar-refractivity contribution in [3.8, 4) is 0 Å². The highest BCUT2D eigenvalue weighted by molar-refractivity contribution is 5.04. The van der Waals surface area contributed by atoms with E-state index in [4.69, 9.17) is 5.73 Å². The lowest BCUT2D eigenvalue weighted by atomic mass is 9.85. The van der Waals surface area contributed by atoms with Gasteiger partial charge in [0.2, 0.25) is 0 Å². The Morgan fingerprint density at radius 3 is 2.41 bits per heavy atom. The molecule has 2 fully saturated rings. The van der Waals surface area contributed by atoms with Gasteiger partial charge in [0.25, 0.3) is 0 Å². The molecule has 2 atom stereocenters. The van der Waals surface area contributed by atoms with Gasteiger partial charge in [0, 0.05) is 18.1 Å². The first kappa shape index (κ1) is 13.4. The summed E-state index contributed by atoms with van der Waals surface area (Å²) in [5.41, 5.74) is 6.55. The number of likely N-dealkylation sites (tertiary alicyclic amines) is 1. The largest absolute Gasteiger partial charge is 0.329 e. The maximum atomic E-state index is 6.22. The Hall–Kier alpha value is -0.0800. The Morgan fingerprint density at radius 1 is 1.12 bits per heavy atom. The smallest absolute Gasteiger partial charge is 0.0360 e. The van der Waals surface area contributed by atoms with Gasteiger partial charge < -0.3 is 5.73 Å². The summed E-state index contributed by atoms with van der Waals surface area (Å²) in [5, 5.41) is 0. The van der Waals surface area contributed by atoms with Crippen LogP contribution in [0.25, 0.3) is 0 Å². The van der Waals surface area contributed by atoms with Gasteiger partial charge in [0.05, 0.1) is 0 Å². The zero-order chi connectivity index (χ0) is 12.3. The molecule has 17 heavy (non-hydrogen) atoms. The number of hydrogen-bond donors (Lipinski definition) is 1. The van der Waals surface area contributed by atoms with Gasteiger partial charge in [-0.2, -0.15) is 0 Å². The van der Waals surface area contributed by atoms with Crippen LogP contribution in [0.3, 0.4) is 0 Å². The van der Waals surface area contributed by atoms with E-state index in [1.54, 1.807) is 0 Å². The van der Waals surface area contributed by atoms with Crippen LogP contribution in [0.2, 0.25) is 0 Å². The van der Waals surface area contributed by atoms with Crippen molar-refractivity contribution < 1.29 is 0 Å². The average molecular weight is 238 g/mol. The predicted molar refractivity (Wildman–Crippen MR) is 74.1 cm³/mol. The first-order chi connectivity index (χ1) is 8.28. The zero-order valence-corrected chi connectivity index (χ0v) is 11.8. The molecule has 2 rings (SSSR count). The summed E-state index contributed by atoms with van der Waals surface area (Å²) in [6.45, 7) is 6.86. The van der Waals surface area contributed by atoms with Crippen LogP contribution in [0.5, 0.6) is 0 Å². The molecule has 2 unspecified atom stereocenters. The van der Waals surface area contributed by atoms with E-state index < -0.39 is 0 Å². The van der Waals surface area contributed by atoms with E-state index in [2.05, 4.69) is 18.7 Å². The van der Waals surface area contributed by atoms with Gasteiger partial charge in [-0.15, -0.1) is 0 Å². The van der Waals surface area contributed by atoms with Crippen LogP contribution in [-0.2, 0) is 0 Å². The Kier molecular flexibility index (Phi) is 4.48. The molecule has 1 aliphatic carbocycles. The quantitative estimate of drug-likeness (QED) is 0.797. The summed E-state index contributed by atoms with van der Waals surface area (Å²) in [4.78, 5) is 2.83. The highest BCUT2D eigenvalue weighted by atomic mass is 15.2. The lowest BCUT2D eigenvalue weighted by molar-refractivity contribution is 0.0266. The molecule has 0 radical (unpaired) electrons. The Labute approximate surface area is 107 Å². The second-order valence-corrected chi connectivity index (χ2v) is 6.04. The summed E-state index contributed by atoms with van der Waals surface area (Å²) in [7, 11) is 0. The fourth-order valence-corrected chi connectivity index (χ4v) is 3.96. The summed E-state index contributed by atoms with van der Waals surface area (Å²) in [5.74, 6) is 0.893. The van der Waals surface area contributed by atoms with Gasteiger partial charge in [-0.1, -0.05) is 26.7 Å². The van der Waals surface area contributed by atoms with Gasteiger partial charge >= 0.3 is 0 Å². The van der Waals surface area contributed by atoms with Crippen LogP contribution < -0.4 is 5.73 Å². The first-order valence-corrected chi connectivity index (χ1v) is 7.75. The van der Waals surface area contributed by atoms with Gasteiger partial charge in [-0.05, 0) is 51.0 Å². The molecule has 1 aliphatic heterocycles. The van der Waals surface area contributed by atoms with Gasteiger partial charge in [-0.3, -0.25) is 4.90 Å². The number of nitrogens with zero attached hydrogens (tertiary/aromatic N) is 1. The SMILES string of the molecule is CCC1CCCCCN1C(CC)(CN)C1CC1. The van der Waals surface area contributed by atoms with Crippen LogP contribution in [-0.4, -0.2) is 29.6 Å². The van der Waals surface area contributed by atoms with E-state index in [-0.39, 0.29) is 0 Å². The van der Waals surface area contributed by atoms with E-state index in [0.29, 0.717) is 5.54 Å². The van der Waals surface area contributed by atoms with E-state index in [0.717, 1.165) is 18.5 Å². The number of hydrogen-bond acceptors (Lipinski definition) is 2. The molecule has 0 aromatic heterocycles. The maximum absolute atomic E-state index is 6.22. The molecule has 1 saturated carbocycles. The number of rotatable bonds is 5. The fraction of sp³-hybridized carbons (Fsp3) is 1.00. The molecule has 0 aromatic carbocycles. The van der Waals surface area contributed by atoms with Crippen LogP contribution >= 0.6 is 0 Å². The van der Waals surface area contributed by atoms with E-state index in [1.165, 1.54) is 57.9 Å². The Bertz CT molecular complexity index is 231. The minimum atomic E-state index is 0.338. The van der Waals surface area contributed by atoms with Crippen molar-refractivity contribution in [1.29, 1.82) is 0 Å². The lowest BCUT2D eigenvalue weighted by Gasteiger charge is -2.47. The molecule has 2 heteroatoms. The van der Waals surface area contributed by atoms with Crippen molar-refractivity contribution in [1.82, 2.24) is 4.90 Å². The van der Waals surface area contributed by atoms with Gasteiger partial charge in [-0.25, -0.2) is 0 Å². The number of nitrogens with two attached hydrogens (primary N) is 1. The lowest BCUT2D eigenvalue weighted by Crippen LogP contribution is -2.58. The van der Waals surface area contributed by atoms with Crippen molar-refractivity contribution in [3.05, 3.63) is 0 Å². The third kappa shape index (κ3) is 2.53. The van der Waals surface area contributed by atoms with Crippen molar-refractivity contribution in [2.45, 2.75) is 76.8 Å². The van der Waals surface area contributed by atoms with Crippen LogP contribution in [0, 0.1) is 5.92 Å². The van der Waals surface area contributed by atoms with Crippen molar-refractivity contribution in [3.63, 3.8) is 0 Å². The van der Waals surface area contributed by atoms with E-state index in [1.807, 2.05) is 0 Å². The molecule has 100 valence electrons. The minimum absolute atomic E-state index is 0.338. The van der Waals surface area contributed by atoms with Crippen LogP contribution in [0.15, 0.2) is 0 Å².